The molecule has 0 aromatic carbocycles. The molecule has 2 heterocycles. The van der Waals surface area contributed by atoms with Gasteiger partial charge in [0.1, 0.15) is 4.90 Å². The highest BCUT2D eigenvalue weighted by molar-refractivity contribution is 7.89. The number of ether oxygens (including phenoxy) is 1. The van der Waals surface area contributed by atoms with E-state index in [-0.39, 0.29) is 11.0 Å². The molecule has 6 nitrogen and oxygen atoms in total. The summed E-state index contributed by atoms with van der Waals surface area (Å²) >= 11 is 0. The molecule has 1 aliphatic rings. The van der Waals surface area contributed by atoms with E-state index in [0.29, 0.717) is 18.8 Å². The zero-order valence-corrected chi connectivity index (χ0v) is 12.0. The van der Waals surface area contributed by atoms with Crippen molar-refractivity contribution in [3.05, 3.63) is 18.5 Å². The van der Waals surface area contributed by atoms with Gasteiger partial charge in [0.05, 0.1) is 11.8 Å². The Hall–Kier alpha value is -1.18. The molecule has 0 saturated carbocycles. The normalized spacial score (nSPS) is 18.4. The second-order valence-electron chi connectivity index (χ2n) is 4.46. The Morgan fingerprint density at radius 1 is 1.42 bits per heavy atom. The van der Waals surface area contributed by atoms with Crippen LogP contribution in [-0.4, -0.2) is 51.1 Å². The molecule has 1 N–H and O–H groups in total. The van der Waals surface area contributed by atoms with E-state index in [1.54, 1.807) is 26.4 Å². The number of hydrogen-bond donors (Lipinski definition) is 1. The molecule has 0 spiro atoms. The number of hydrogen-bond acceptors (Lipinski definition) is 5. The first-order chi connectivity index (χ1) is 9.09. The minimum atomic E-state index is -3.48. The van der Waals surface area contributed by atoms with E-state index >= 15 is 0 Å². The van der Waals surface area contributed by atoms with Crippen LogP contribution in [0.4, 0.5) is 5.69 Å². The van der Waals surface area contributed by atoms with E-state index < -0.39 is 10.0 Å². The molecule has 7 heteroatoms. The number of rotatable bonds is 4. The SMILES string of the molecule is CNc1ccncc1S(=O)(=O)N1CCC(OC)CC1. The molecule has 106 valence electrons. The maximum Gasteiger partial charge on any atom is 0.246 e. The van der Waals surface area contributed by atoms with Gasteiger partial charge in [-0.15, -0.1) is 0 Å². The van der Waals surface area contributed by atoms with Gasteiger partial charge in [0.2, 0.25) is 10.0 Å². The fourth-order valence-corrected chi connectivity index (χ4v) is 3.85. The summed E-state index contributed by atoms with van der Waals surface area (Å²) in [5.74, 6) is 0. The third-order valence-corrected chi connectivity index (χ3v) is 5.33. The molecule has 1 aliphatic heterocycles. The molecule has 1 fully saturated rings. The number of nitrogens with zero attached hydrogens (tertiary/aromatic N) is 2. The van der Waals surface area contributed by atoms with Crippen molar-refractivity contribution in [3.63, 3.8) is 0 Å². The second kappa shape index (κ2) is 5.85. The van der Waals surface area contributed by atoms with Crippen molar-refractivity contribution in [2.24, 2.45) is 0 Å². The first kappa shape index (κ1) is 14.2. The third kappa shape index (κ3) is 2.88. The summed E-state index contributed by atoms with van der Waals surface area (Å²) in [5.41, 5.74) is 0.573. The van der Waals surface area contributed by atoms with Gasteiger partial charge >= 0.3 is 0 Å². The van der Waals surface area contributed by atoms with Crippen molar-refractivity contribution < 1.29 is 13.2 Å². The zero-order valence-electron chi connectivity index (χ0n) is 11.2. The van der Waals surface area contributed by atoms with Gasteiger partial charge in [-0.1, -0.05) is 0 Å². The van der Waals surface area contributed by atoms with Crippen LogP contribution in [0, 0.1) is 0 Å². The highest BCUT2D eigenvalue weighted by Crippen LogP contribution is 2.26. The molecule has 19 heavy (non-hydrogen) atoms. The Bertz CT molecular complexity index is 525. The van der Waals surface area contributed by atoms with E-state index in [9.17, 15) is 8.42 Å². The fourth-order valence-electron chi connectivity index (χ4n) is 2.24. The van der Waals surface area contributed by atoms with Gasteiger partial charge in [-0.3, -0.25) is 4.98 Å². The van der Waals surface area contributed by atoms with E-state index in [1.807, 2.05) is 0 Å². The number of piperidine rings is 1. The number of anilines is 1. The van der Waals surface area contributed by atoms with Crippen LogP contribution in [0.3, 0.4) is 0 Å². The van der Waals surface area contributed by atoms with Crippen LogP contribution in [0.15, 0.2) is 23.4 Å². The Balaban J connectivity index is 2.23. The summed E-state index contributed by atoms with van der Waals surface area (Å²) in [5, 5.41) is 2.89. The highest BCUT2D eigenvalue weighted by atomic mass is 32.2. The number of nitrogens with one attached hydrogen (secondary N) is 1. The third-order valence-electron chi connectivity index (χ3n) is 3.41. The molecule has 0 radical (unpaired) electrons. The van der Waals surface area contributed by atoms with Gasteiger partial charge in [-0.25, -0.2) is 8.42 Å². The van der Waals surface area contributed by atoms with E-state index in [2.05, 4.69) is 10.3 Å². The van der Waals surface area contributed by atoms with Crippen LogP contribution >= 0.6 is 0 Å². The monoisotopic (exact) mass is 285 g/mol. The van der Waals surface area contributed by atoms with Crippen molar-refractivity contribution in [3.8, 4) is 0 Å². The molecule has 0 aliphatic carbocycles. The van der Waals surface area contributed by atoms with Crippen molar-refractivity contribution in [1.29, 1.82) is 0 Å². The molecule has 0 atom stereocenters. The van der Waals surface area contributed by atoms with E-state index in [4.69, 9.17) is 4.74 Å². The van der Waals surface area contributed by atoms with Gasteiger partial charge in [0.15, 0.2) is 0 Å². The first-order valence-corrected chi connectivity index (χ1v) is 7.68. The molecule has 0 amide bonds. The lowest BCUT2D eigenvalue weighted by Crippen LogP contribution is -2.40. The Kier molecular flexibility index (Phi) is 4.38. The molecule has 2 rings (SSSR count). The quantitative estimate of drug-likeness (QED) is 0.891. The summed E-state index contributed by atoms with van der Waals surface area (Å²) < 4.78 is 31.9. The molecule has 1 saturated heterocycles. The topological polar surface area (TPSA) is 71.5 Å². The summed E-state index contributed by atoms with van der Waals surface area (Å²) in [6, 6.07) is 1.66. The smallest absolute Gasteiger partial charge is 0.246 e. The van der Waals surface area contributed by atoms with Gasteiger partial charge in [-0.05, 0) is 18.9 Å². The summed E-state index contributed by atoms with van der Waals surface area (Å²) in [6.45, 7) is 0.970. The van der Waals surface area contributed by atoms with Gasteiger partial charge in [0, 0.05) is 39.6 Å². The Morgan fingerprint density at radius 2 is 2.11 bits per heavy atom. The number of aromatic nitrogens is 1. The van der Waals surface area contributed by atoms with Crippen LogP contribution in [0.5, 0.6) is 0 Å². The summed E-state index contributed by atoms with van der Waals surface area (Å²) in [6.07, 6.45) is 4.57. The van der Waals surface area contributed by atoms with E-state index in [0.717, 1.165) is 12.8 Å². The minimum absolute atomic E-state index is 0.157. The molecule has 1 aromatic heterocycles. The largest absolute Gasteiger partial charge is 0.387 e. The van der Waals surface area contributed by atoms with Crippen molar-refractivity contribution >= 4 is 15.7 Å². The van der Waals surface area contributed by atoms with Gasteiger partial charge in [-0.2, -0.15) is 4.31 Å². The van der Waals surface area contributed by atoms with Crippen molar-refractivity contribution in [2.75, 3.05) is 32.6 Å². The average molecular weight is 285 g/mol. The Labute approximate surface area is 113 Å². The van der Waals surface area contributed by atoms with Gasteiger partial charge < -0.3 is 10.1 Å². The lowest BCUT2D eigenvalue weighted by Gasteiger charge is -2.30. The molecule has 0 unspecified atom stereocenters. The Morgan fingerprint density at radius 3 is 2.68 bits per heavy atom. The minimum Gasteiger partial charge on any atom is -0.387 e. The fraction of sp³-hybridized carbons (Fsp3) is 0.583. The lowest BCUT2D eigenvalue weighted by atomic mass is 10.1. The van der Waals surface area contributed by atoms with Crippen LogP contribution in [0.25, 0.3) is 0 Å². The maximum atomic E-state index is 12.6. The molecule has 0 bridgehead atoms. The van der Waals surface area contributed by atoms with Crippen LogP contribution in [0.1, 0.15) is 12.8 Å². The van der Waals surface area contributed by atoms with Crippen molar-refractivity contribution in [1.82, 2.24) is 9.29 Å². The van der Waals surface area contributed by atoms with Crippen LogP contribution < -0.4 is 5.32 Å². The summed E-state index contributed by atoms with van der Waals surface area (Å²) in [4.78, 5) is 4.14. The first-order valence-electron chi connectivity index (χ1n) is 6.24. The standard InChI is InChI=1S/C12H19N3O3S/c1-13-11-3-6-14-9-12(11)19(16,17)15-7-4-10(18-2)5-8-15/h3,6,9-10H,4-5,7-8H2,1-2H3,(H,13,14). The number of methoxy groups -OCH3 is 1. The van der Waals surface area contributed by atoms with E-state index in [1.165, 1.54) is 10.5 Å². The summed E-state index contributed by atoms with van der Waals surface area (Å²) in [7, 11) is -0.122. The maximum absolute atomic E-state index is 12.6. The predicted octanol–water partition coefficient (Wildman–Crippen LogP) is 0.923. The number of sulfonamides is 1. The highest BCUT2D eigenvalue weighted by Gasteiger charge is 2.31. The zero-order chi connectivity index (χ0) is 13.9. The second-order valence-corrected chi connectivity index (χ2v) is 6.37. The lowest BCUT2D eigenvalue weighted by molar-refractivity contribution is 0.0604. The van der Waals surface area contributed by atoms with Crippen molar-refractivity contribution in [2.45, 2.75) is 23.8 Å². The van der Waals surface area contributed by atoms with Gasteiger partial charge in [0.25, 0.3) is 0 Å². The number of pyridine rings is 1. The molecular weight excluding hydrogens is 266 g/mol. The van der Waals surface area contributed by atoms with Crippen LogP contribution in [0.2, 0.25) is 0 Å². The molecular formula is C12H19N3O3S. The average Bonchev–Trinajstić information content (AvgIpc) is 2.47. The molecule has 1 aromatic rings. The van der Waals surface area contributed by atoms with Crippen LogP contribution in [-0.2, 0) is 14.8 Å². The predicted molar refractivity (Wildman–Crippen MR) is 72.6 cm³/mol.